The van der Waals surface area contributed by atoms with Gasteiger partial charge in [0.2, 0.25) is 0 Å². The third kappa shape index (κ3) is 4.59. The molecule has 0 radical (unpaired) electrons. The molecule has 1 heterocycles. The molecule has 0 saturated heterocycles. The van der Waals surface area contributed by atoms with Gasteiger partial charge in [0, 0.05) is 23.7 Å². The van der Waals surface area contributed by atoms with Crippen molar-refractivity contribution in [3.05, 3.63) is 54.6 Å². The minimum atomic E-state index is 0.465. The van der Waals surface area contributed by atoms with Gasteiger partial charge in [0.15, 0.2) is 5.82 Å². The van der Waals surface area contributed by atoms with E-state index in [0.717, 1.165) is 28.6 Å². The topological polar surface area (TPSA) is 68.3 Å². The standard InChI is InChI=1S/C23H26N4O2/c1-28-18-12-13-20(29-2)19(14-18)25-22-15-21(24-17-10-6-7-11-17)26-23(27-22)16-8-4-3-5-9-16/h3-5,8-9,12-15,17H,6-7,10-11H2,1-2H3,(H2,24,25,26,27). The molecule has 2 N–H and O–H groups in total. The number of benzene rings is 2. The molecule has 1 aliphatic rings. The summed E-state index contributed by atoms with van der Waals surface area (Å²) in [6.45, 7) is 0. The Labute approximate surface area is 171 Å². The Morgan fingerprint density at radius 2 is 1.62 bits per heavy atom. The highest BCUT2D eigenvalue weighted by atomic mass is 16.5. The molecule has 4 rings (SSSR count). The minimum absolute atomic E-state index is 0.465. The first kappa shape index (κ1) is 19.1. The number of nitrogens with zero attached hydrogens (tertiary/aromatic N) is 2. The van der Waals surface area contributed by atoms with Gasteiger partial charge >= 0.3 is 0 Å². The third-order valence-electron chi connectivity index (χ3n) is 5.13. The monoisotopic (exact) mass is 390 g/mol. The van der Waals surface area contributed by atoms with Crippen LogP contribution in [0.25, 0.3) is 11.4 Å². The highest BCUT2D eigenvalue weighted by Crippen LogP contribution is 2.32. The lowest BCUT2D eigenvalue weighted by Crippen LogP contribution is -2.16. The van der Waals surface area contributed by atoms with Crippen LogP contribution in [0.4, 0.5) is 17.3 Å². The number of ether oxygens (including phenoxy) is 2. The second-order valence-corrected chi connectivity index (χ2v) is 7.14. The Morgan fingerprint density at radius 3 is 2.34 bits per heavy atom. The largest absolute Gasteiger partial charge is 0.497 e. The number of rotatable bonds is 7. The van der Waals surface area contributed by atoms with Crippen molar-refractivity contribution >= 4 is 17.3 Å². The third-order valence-corrected chi connectivity index (χ3v) is 5.13. The van der Waals surface area contributed by atoms with E-state index < -0.39 is 0 Å². The van der Waals surface area contributed by atoms with Gasteiger partial charge in [0.1, 0.15) is 23.1 Å². The second-order valence-electron chi connectivity index (χ2n) is 7.14. The van der Waals surface area contributed by atoms with Gasteiger partial charge in [-0.15, -0.1) is 0 Å². The first-order chi connectivity index (χ1) is 14.2. The van der Waals surface area contributed by atoms with Gasteiger partial charge in [-0.3, -0.25) is 0 Å². The van der Waals surface area contributed by atoms with Gasteiger partial charge in [-0.2, -0.15) is 0 Å². The van der Waals surface area contributed by atoms with Crippen molar-refractivity contribution in [2.45, 2.75) is 31.7 Å². The van der Waals surface area contributed by atoms with Gasteiger partial charge in [-0.25, -0.2) is 9.97 Å². The fraction of sp³-hybridized carbons (Fsp3) is 0.304. The molecule has 3 aromatic rings. The molecule has 0 unspecified atom stereocenters. The first-order valence-corrected chi connectivity index (χ1v) is 9.95. The zero-order chi connectivity index (χ0) is 20.1. The van der Waals surface area contributed by atoms with Crippen molar-refractivity contribution in [2.24, 2.45) is 0 Å². The van der Waals surface area contributed by atoms with Gasteiger partial charge in [-0.05, 0) is 25.0 Å². The maximum atomic E-state index is 5.49. The molecule has 1 saturated carbocycles. The quantitative estimate of drug-likeness (QED) is 0.574. The molecule has 1 aliphatic carbocycles. The lowest BCUT2D eigenvalue weighted by atomic mass is 10.2. The Balaban J connectivity index is 1.70. The SMILES string of the molecule is COc1ccc(OC)c(Nc2cc(NC3CCCC3)nc(-c3ccccc3)n2)c1. The van der Waals surface area contributed by atoms with E-state index in [-0.39, 0.29) is 0 Å². The van der Waals surface area contributed by atoms with E-state index in [9.17, 15) is 0 Å². The van der Waals surface area contributed by atoms with Crippen LogP contribution >= 0.6 is 0 Å². The summed E-state index contributed by atoms with van der Waals surface area (Å²) in [6.07, 6.45) is 4.88. The second kappa shape index (κ2) is 8.82. The Kier molecular flexibility index (Phi) is 5.79. The molecule has 150 valence electrons. The van der Waals surface area contributed by atoms with Crippen LogP contribution in [0.5, 0.6) is 11.5 Å². The highest BCUT2D eigenvalue weighted by Gasteiger charge is 2.17. The molecule has 0 atom stereocenters. The average molecular weight is 390 g/mol. The van der Waals surface area contributed by atoms with Crippen LogP contribution < -0.4 is 20.1 Å². The van der Waals surface area contributed by atoms with Gasteiger partial charge in [0.05, 0.1) is 19.9 Å². The van der Waals surface area contributed by atoms with E-state index in [0.29, 0.717) is 17.7 Å². The first-order valence-electron chi connectivity index (χ1n) is 9.95. The molecule has 0 amide bonds. The van der Waals surface area contributed by atoms with Crippen LogP contribution in [0, 0.1) is 0 Å². The Hall–Kier alpha value is -3.28. The molecule has 1 aromatic heterocycles. The van der Waals surface area contributed by atoms with Crippen molar-refractivity contribution in [3.8, 4) is 22.9 Å². The summed E-state index contributed by atoms with van der Waals surface area (Å²) in [5.74, 6) is 3.67. The number of methoxy groups -OCH3 is 2. The van der Waals surface area contributed by atoms with Crippen LogP contribution in [-0.2, 0) is 0 Å². The molecule has 1 fully saturated rings. The number of hydrogen-bond donors (Lipinski definition) is 2. The fourth-order valence-corrected chi connectivity index (χ4v) is 3.63. The number of hydrogen-bond acceptors (Lipinski definition) is 6. The summed E-state index contributed by atoms with van der Waals surface area (Å²) < 4.78 is 10.8. The molecule has 6 nitrogen and oxygen atoms in total. The summed E-state index contributed by atoms with van der Waals surface area (Å²) >= 11 is 0. The molecular formula is C23H26N4O2. The van der Waals surface area contributed by atoms with Crippen molar-refractivity contribution < 1.29 is 9.47 Å². The summed E-state index contributed by atoms with van der Waals surface area (Å²) in [6, 6.07) is 18.1. The van der Waals surface area contributed by atoms with Crippen molar-refractivity contribution in [1.82, 2.24) is 9.97 Å². The van der Waals surface area contributed by atoms with Crippen molar-refractivity contribution in [2.75, 3.05) is 24.9 Å². The van der Waals surface area contributed by atoms with E-state index in [1.165, 1.54) is 25.7 Å². The van der Waals surface area contributed by atoms with Crippen LogP contribution in [-0.4, -0.2) is 30.2 Å². The molecule has 2 aromatic carbocycles. The molecule has 0 bridgehead atoms. The van der Waals surface area contributed by atoms with Crippen LogP contribution in [0.2, 0.25) is 0 Å². The number of anilines is 3. The Bertz CT molecular complexity index is 956. The van der Waals surface area contributed by atoms with Gasteiger partial charge in [-0.1, -0.05) is 43.2 Å². The summed E-state index contributed by atoms with van der Waals surface area (Å²) in [5.41, 5.74) is 1.76. The number of nitrogens with one attached hydrogen (secondary N) is 2. The average Bonchev–Trinajstić information content (AvgIpc) is 3.27. The molecule has 29 heavy (non-hydrogen) atoms. The maximum Gasteiger partial charge on any atom is 0.163 e. The fourth-order valence-electron chi connectivity index (χ4n) is 3.63. The van der Waals surface area contributed by atoms with E-state index in [4.69, 9.17) is 19.4 Å². The lowest BCUT2D eigenvalue weighted by Gasteiger charge is -2.16. The van der Waals surface area contributed by atoms with Crippen LogP contribution in [0.3, 0.4) is 0 Å². The highest BCUT2D eigenvalue weighted by molar-refractivity contribution is 5.69. The summed E-state index contributed by atoms with van der Waals surface area (Å²) in [7, 11) is 3.29. The van der Waals surface area contributed by atoms with Crippen LogP contribution in [0.1, 0.15) is 25.7 Å². The maximum absolute atomic E-state index is 5.49. The smallest absolute Gasteiger partial charge is 0.163 e. The van der Waals surface area contributed by atoms with E-state index in [1.807, 2.05) is 54.6 Å². The number of aromatic nitrogens is 2. The molecule has 0 aliphatic heterocycles. The van der Waals surface area contributed by atoms with Crippen molar-refractivity contribution in [1.29, 1.82) is 0 Å². The van der Waals surface area contributed by atoms with Crippen molar-refractivity contribution in [3.63, 3.8) is 0 Å². The lowest BCUT2D eigenvalue weighted by molar-refractivity contribution is 0.405. The predicted octanol–water partition coefficient (Wildman–Crippen LogP) is 5.26. The molecular weight excluding hydrogens is 364 g/mol. The zero-order valence-corrected chi connectivity index (χ0v) is 16.8. The normalized spacial score (nSPS) is 13.9. The summed E-state index contributed by atoms with van der Waals surface area (Å²) in [5, 5.41) is 6.96. The minimum Gasteiger partial charge on any atom is -0.497 e. The zero-order valence-electron chi connectivity index (χ0n) is 16.8. The van der Waals surface area contributed by atoms with E-state index in [1.54, 1.807) is 14.2 Å². The predicted molar refractivity (Wildman–Crippen MR) is 116 cm³/mol. The molecule has 6 heteroatoms. The summed E-state index contributed by atoms with van der Waals surface area (Å²) in [4.78, 5) is 9.51. The van der Waals surface area contributed by atoms with Gasteiger partial charge < -0.3 is 20.1 Å². The van der Waals surface area contributed by atoms with Gasteiger partial charge in [0.25, 0.3) is 0 Å². The molecule has 0 spiro atoms. The van der Waals surface area contributed by atoms with E-state index >= 15 is 0 Å². The van der Waals surface area contributed by atoms with Crippen LogP contribution in [0.15, 0.2) is 54.6 Å². The van der Waals surface area contributed by atoms with E-state index in [2.05, 4.69) is 10.6 Å². The Morgan fingerprint density at radius 1 is 0.862 bits per heavy atom.